The summed E-state index contributed by atoms with van der Waals surface area (Å²) in [5, 5.41) is 13.1. The molecule has 3 rings (SSSR count). The minimum absolute atomic E-state index is 0.0676. The predicted octanol–water partition coefficient (Wildman–Crippen LogP) is 5.17. The molecule has 0 atom stereocenters. The standard InChI is InChI=1S/C16H10ClF4N5/c17-12-7-11(5-6-13(12)18)24-15-25-14(8-22-26-15)23-10-3-1-9(2-4-10)16(19,20)21/h1-8H,(H2,23,24,25,26). The number of benzene rings is 2. The summed E-state index contributed by atoms with van der Waals surface area (Å²) in [7, 11) is 0. The number of nitrogens with zero attached hydrogens (tertiary/aromatic N) is 3. The van der Waals surface area contributed by atoms with Gasteiger partial charge in [0, 0.05) is 11.4 Å². The Morgan fingerprint density at radius 2 is 1.62 bits per heavy atom. The fraction of sp³-hybridized carbons (Fsp3) is 0.0625. The van der Waals surface area contributed by atoms with Crippen LogP contribution in [0, 0.1) is 5.82 Å². The van der Waals surface area contributed by atoms with E-state index < -0.39 is 17.6 Å². The number of hydrogen-bond donors (Lipinski definition) is 2. The van der Waals surface area contributed by atoms with Gasteiger partial charge in [-0.05, 0) is 42.5 Å². The van der Waals surface area contributed by atoms with Crippen molar-refractivity contribution in [3.63, 3.8) is 0 Å². The molecule has 10 heteroatoms. The van der Waals surface area contributed by atoms with Crippen LogP contribution in [-0.2, 0) is 6.18 Å². The normalized spacial score (nSPS) is 11.3. The summed E-state index contributed by atoms with van der Waals surface area (Å²) >= 11 is 5.70. The highest BCUT2D eigenvalue weighted by atomic mass is 35.5. The fourth-order valence-corrected chi connectivity index (χ4v) is 2.19. The van der Waals surface area contributed by atoms with Crippen molar-refractivity contribution in [2.75, 3.05) is 10.6 Å². The van der Waals surface area contributed by atoms with Gasteiger partial charge in [-0.2, -0.15) is 23.3 Å². The van der Waals surface area contributed by atoms with Crippen LogP contribution in [0.1, 0.15) is 5.56 Å². The molecular weight excluding hydrogens is 374 g/mol. The van der Waals surface area contributed by atoms with Crippen molar-refractivity contribution >= 4 is 34.7 Å². The number of aromatic nitrogens is 3. The van der Waals surface area contributed by atoms with Gasteiger partial charge in [-0.25, -0.2) is 4.39 Å². The number of halogens is 5. The summed E-state index contributed by atoms with van der Waals surface area (Å²) in [4.78, 5) is 4.13. The first kappa shape index (κ1) is 17.9. The zero-order chi connectivity index (χ0) is 18.7. The van der Waals surface area contributed by atoms with Crippen LogP contribution < -0.4 is 10.6 Å². The van der Waals surface area contributed by atoms with Crippen molar-refractivity contribution in [3.05, 3.63) is 65.1 Å². The van der Waals surface area contributed by atoms with Crippen LogP contribution in [0.3, 0.4) is 0 Å². The lowest BCUT2D eigenvalue weighted by molar-refractivity contribution is -0.137. The molecule has 0 aliphatic rings. The number of rotatable bonds is 4. The van der Waals surface area contributed by atoms with E-state index in [-0.39, 0.29) is 16.8 Å². The molecule has 1 aromatic heterocycles. The van der Waals surface area contributed by atoms with Gasteiger partial charge in [0.25, 0.3) is 0 Å². The third-order valence-electron chi connectivity index (χ3n) is 3.22. The Morgan fingerprint density at radius 3 is 2.27 bits per heavy atom. The van der Waals surface area contributed by atoms with Crippen LogP contribution in [0.4, 0.5) is 40.7 Å². The molecular formula is C16H10ClF4N5. The van der Waals surface area contributed by atoms with Gasteiger partial charge < -0.3 is 10.6 Å². The number of alkyl halides is 3. The molecule has 0 unspecified atom stereocenters. The largest absolute Gasteiger partial charge is 0.416 e. The van der Waals surface area contributed by atoms with Crippen molar-refractivity contribution in [3.8, 4) is 0 Å². The Kier molecular flexibility index (Phi) is 4.90. The molecule has 0 bridgehead atoms. The minimum Gasteiger partial charge on any atom is -0.339 e. The Labute approximate surface area is 150 Å². The highest BCUT2D eigenvalue weighted by Crippen LogP contribution is 2.30. The monoisotopic (exact) mass is 383 g/mol. The van der Waals surface area contributed by atoms with Crippen molar-refractivity contribution in [1.29, 1.82) is 0 Å². The first-order chi connectivity index (χ1) is 12.3. The van der Waals surface area contributed by atoms with Crippen LogP contribution in [0.15, 0.2) is 48.7 Å². The summed E-state index contributed by atoms with van der Waals surface area (Å²) in [5.74, 6) is -0.200. The molecule has 26 heavy (non-hydrogen) atoms. The minimum atomic E-state index is -4.40. The van der Waals surface area contributed by atoms with E-state index in [0.717, 1.165) is 12.1 Å². The summed E-state index contributed by atoms with van der Waals surface area (Å²) in [6.07, 6.45) is -3.09. The maximum atomic E-state index is 13.2. The SMILES string of the molecule is Fc1ccc(Nc2nncc(Nc3ccc(C(F)(F)F)cc3)n2)cc1Cl. The van der Waals surface area contributed by atoms with Crippen molar-refractivity contribution < 1.29 is 17.6 Å². The number of hydrogen-bond acceptors (Lipinski definition) is 5. The fourth-order valence-electron chi connectivity index (χ4n) is 2.01. The average Bonchev–Trinajstić information content (AvgIpc) is 2.58. The van der Waals surface area contributed by atoms with E-state index in [0.29, 0.717) is 11.4 Å². The Hall–Kier alpha value is -2.94. The van der Waals surface area contributed by atoms with Crippen LogP contribution in [-0.4, -0.2) is 15.2 Å². The molecule has 2 aromatic carbocycles. The topological polar surface area (TPSA) is 62.7 Å². The van der Waals surface area contributed by atoms with Gasteiger partial charge >= 0.3 is 6.18 Å². The molecule has 0 saturated heterocycles. The molecule has 1 heterocycles. The Balaban J connectivity index is 1.73. The summed E-state index contributed by atoms with van der Waals surface area (Å²) in [6, 6.07) is 8.45. The van der Waals surface area contributed by atoms with Crippen molar-refractivity contribution in [2.45, 2.75) is 6.18 Å². The number of nitrogens with one attached hydrogen (secondary N) is 2. The quantitative estimate of drug-likeness (QED) is 0.608. The van der Waals surface area contributed by atoms with Gasteiger partial charge in [0.05, 0.1) is 16.8 Å². The summed E-state index contributed by atoms with van der Waals surface area (Å²) in [6.45, 7) is 0. The molecule has 0 amide bonds. The molecule has 0 aliphatic carbocycles. The molecule has 0 spiro atoms. The van der Waals surface area contributed by atoms with E-state index in [1.54, 1.807) is 0 Å². The van der Waals surface area contributed by atoms with Crippen LogP contribution in [0.25, 0.3) is 0 Å². The van der Waals surface area contributed by atoms with Crippen molar-refractivity contribution in [2.24, 2.45) is 0 Å². The molecule has 134 valence electrons. The summed E-state index contributed by atoms with van der Waals surface area (Å²) < 4.78 is 50.9. The zero-order valence-electron chi connectivity index (χ0n) is 12.9. The van der Waals surface area contributed by atoms with E-state index in [9.17, 15) is 17.6 Å². The van der Waals surface area contributed by atoms with Crippen LogP contribution >= 0.6 is 11.6 Å². The van der Waals surface area contributed by atoms with Crippen LogP contribution in [0.5, 0.6) is 0 Å². The smallest absolute Gasteiger partial charge is 0.339 e. The lowest BCUT2D eigenvalue weighted by Crippen LogP contribution is -2.05. The first-order valence-corrected chi connectivity index (χ1v) is 7.55. The number of anilines is 4. The molecule has 3 aromatic rings. The lowest BCUT2D eigenvalue weighted by Gasteiger charge is -2.10. The molecule has 0 aliphatic heterocycles. The lowest BCUT2D eigenvalue weighted by atomic mass is 10.2. The zero-order valence-corrected chi connectivity index (χ0v) is 13.6. The van der Waals surface area contributed by atoms with Gasteiger partial charge in [-0.15, -0.1) is 5.10 Å². The van der Waals surface area contributed by atoms with Crippen LogP contribution in [0.2, 0.25) is 5.02 Å². The van der Waals surface area contributed by atoms with E-state index >= 15 is 0 Å². The second-order valence-electron chi connectivity index (χ2n) is 5.12. The van der Waals surface area contributed by atoms with Gasteiger partial charge in [-0.1, -0.05) is 11.6 Å². The first-order valence-electron chi connectivity index (χ1n) is 7.17. The van der Waals surface area contributed by atoms with Gasteiger partial charge in [0.2, 0.25) is 5.95 Å². The Morgan fingerprint density at radius 1 is 0.923 bits per heavy atom. The highest BCUT2D eigenvalue weighted by molar-refractivity contribution is 6.31. The highest BCUT2D eigenvalue weighted by Gasteiger charge is 2.29. The predicted molar refractivity (Wildman–Crippen MR) is 89.2 cm³/mol. The molecule has 0 radical (unpaired) electrons. The maximum absolute atomic E-state index is 13.2. The Bertz CT molecular complexity index is 915. The summed E-state index contributed by atoms with van der Waals surface area (Å²) in [5.41, 5.74) is 0.0959. The molecule has 2 N–H and O–H groups in total. The van der Waals surface area contributed by atoms with Crippen molar-refractivity contribution in [1.82, 2.24) is 15.2 Å². The third kappa shape index (κ3) is 4.37. The van der Waals surface area contributed by atoms with E-state index in [2.05, 4.69) is 25.8 Å². The van der Waals surface area contributed by atoms with Gasteiger partial charge in [0.1, 0.15) is 5.82 Å². The second-order valence-corrected chi connectivity index (χ2v) is 5.53. The second kappa shape index (κ2) is 7.12. The maximum Gasteiger partial charge on any atom is 0.416 e. The van der Waals surface area contributed by atoms with Gasteiger partial charge in [0.15, 0.2) is 5.82 Å². The third-order valence-corrected chi connectivity index (χ3v) is 3.51. The van der Waals surface area contributed by atoms with E-state index in [4.69, 9.17) is 11.6 Å². The van der Waals surface area contributed by atoms with Gasteiger partial charge in [-0.3, -0.25) is 0 Å². The molecule has 0 fully saturated rings. The average molecular weight is 384 g/mol. The molecule has 0 saturated carbocycles. The molecule has 5 nitrogen and oxygen atoms in total. The van der Waals surface area contributed by atoms with E-state index in [1.807, 2.05) is 0 Å². The van der Waals surface area contributed by atoms with E-state index in [1.165, 1.54) is 36.5 Å².